The van der Waals surface area contributed by atoms with Crippen molar-refractivity contribution in [1.82, 2.24) is 0 Å². The van der Waals surface area contributed by atoms with Crippen LogP contribution in [0.5, 0.6) is 0 Å². The lowest BCUT2D eigenvalue weighted by Gasteiger charge is -2.19. The van der Waals surface area contributed by atoms with E-state index in [1.165, 1.54) is 23.5 Å². The first-order valence-corrected chi connectivity index (χ1v) is 10.3. The van der Waals surface area contributed by atoms with Crippen molar-refractivity contribution in [2.24, 2.45) is 11.8 Å². The summed E-state index contributed by atoms with van der Waals surface area (Å²) in [6, 6.07) is 14.6. The van der Waals surface area contributed by atoms with E-state index in [0.29, 0.717) is 17.3 Å². The second-order valence-corrected chi connectivity index (χ2v) is 8.78. The predicted octanol–water partition coefficient (Wildman–Crippen LogP) is 2.65. The van der Waals surface area contributed by atoms with Gasteiger partial charge in [-0.1, -0.05) is 31.2 Å². The molecule has 0 heterocycles. The molecular weight excluding hydrogens is 380 g/mol. The van der Waals surface area contributed by atoms with Crippen molar-refractivity contribution < 1.29 is 22.7 Å². The molecule has 28 heavy (non-hydrogen) atoms. The molecule has 2 atom stereocenters. The van der Waals surface area contributed by atoms with Gasteiger partial charge in [0.1, 0.15) is 0 Å². The van der Waals surface area contributed by atoms with Crippen LogP contribution in [-0.4, -0.2) is 33.9 Å². The Balaban J connectivity index is 1.66. The molecule has 8 heteroatoms. The van der Waals surface area contributed by atoms with E-state index in [9.17, 15) is 18.0 Å². The maximum atomic E-state index is 12.8. The van der Waals surface area contributed by atoms with Crippen LogP contribution in [0.15, 0.2) is 59.5 Å². The molecule has 0 bridgehead atoms. The van der Waals surface area contributed by atoms with Gasteiger partial charge in [-0.15, -0.1) is 0 Å². The Morgan fingerprint density at radius 2 is 1.82 bits per heavy atom. The summed E-state index contributed by atoms with van der Waals surface area (Å²) in [6.07, 6.45) is 0.787. The molecule has 3 rings (SSSR count). The summed E-state index contributed by atoms with van der Waals surface area (Å²) in [5.74, 6) is -0.704. The topological polar surface area (TPSA) is 92.8 Å². The summed E-state index contributed by atoms with van der Waals surface area (Å²) >= 11 is 0. The molecule has 0 aliphatic heterocycles. The van der Waals surface area contributed by atoms with Gasteiger partial charge in [-0.25, -0.2) is 8.42 Å². The Bertz CT molecular complexity index is 975. The molecule has 7 nitrogen and oxygen atoms in total. The molecule has 148 valence electrons. The number of esters is 1. The van der Waals surface area contributed by atoms with Crippen LogP contribution in [0.25, 0.3) is 0 Å². The highest BCUT2D eigenvalue weighted by Crippen LogP contribution is 2.38. The molecule has 1 N–H and O–H groups in total. The van der Waals surface area contributed by atoms with Gasteiger partial charge in [-0.3, -0.25) is 13.9 Å². The van der Waals surface area contributed by atoms with Crippen LogP contribution < -0.4 is 9.62 Å². The first-order chi connectivity index (χ1) is 13.3. The summed E-state index contributed by atoms with van der Waals surface area (Å²) in [5.41, 5.74) is 0.835. The third-order valence-electron chi connectivity index (χ3n) is 4.65. The molecule has 0 aromatic heterocycles. The van der Waals surface area contributed by atoms with Crippen LogP contribution in [0.2, 0.25) is 0 Å². The number of nitrogens with one attached hydrogen (secondary N) is 1. The number of anilines is 2. The first-order valence-electron chi connectivity index (χ1n) is 8.89. The van der Waals surface area contributed by atoms with Crippen molar-refractivity contribution in [3.8, 4) is 0 Å². The molecule has 0 saturated heterocycles. The summed E-state index contributed by atoms with van der Waals surface area (Å²) in [5, 5.41) is 2.56. The largest absolute Gasteiger partial charge is 0.455 e. The zero-order valence-electron chi connectivity index (χ0n) is 15.7. The highest BCUT2D eigenvalue weighted by molar-refractivity contribution is 7.92. The Morgan fingerprint density at radius 3 is 2.46 bits per heavy atom. The number of benzene rings is 2. The fourth-order valence-electron chi connectivity index (χ4n) is 2.76. The van der Waals surface area contributed by atoms with Gasteiger partial charge in [0.2, 0.25) is 0 Å². The molecule has 1 amide bonds. The van der Waals surface area contributed by atoms with E-state index in [0.717, 1.165) is 6.42 Å². The maximum Gasteiger partial charge on any atom is 0.309 e. The van der Waals surface area contributed by atoms with Crippen molar-refractivity contribution in [1.29, 1.82) is 0 Å². The van der Waals surface area contributed by atoms with Crippen molar-refractivity contribution in [2.75, 3.05) is 23.3 Å². The van der Waals surface area contributed by atoms with Crippen LogP contribution in [0, 0.1) is 11.8 Å². The number of ether oxygens (including phenoxy) is 1. The lowest BCUT2D eigenvalue weighted by Crippen LogP contribution is -2.26. The summed E-state index contributed by atoms with van der Waals surface area (Å²) in [6.45, 7) is 1.55. The van der Waals surface area contributed by atoms with Crippen molar-refractivity contribution >= 4 is 33.3 Å². The third-order valence-corrected chi connectivity index (χ3v) is 6.44. The molecule has 1 fully saturated rings. The van der Waals surface area contributed by atoms with E-state index >= 15 is 0 Å². The predicted molar refractivity (Wildman–Crippen MR) is 105 cm³/mol. The summed E-state index contributed by atoms with van der Waals surface area (Å²) < 4.78 is 31.8. The molecule has 0 unspecified atom stereocenters. The normalized spacial score (nSPS) is 18.2. The number of nitrogens with zero attached hydrogens (tertiary/aromatic N) is 1. The SMILES string of the molecule is C[C@H]1C[C@H]1C(=O)OCC(=O)Nc1cccc(S(=O)(=O)N(C)c2ccccc2)c1. The van der Waals surface area contributed by atoms with E-state index in [1.54, 1.807) is 42.5 Å². The van der Waals surface area contributed by atoms with Gasteiger partial charge in [0.25, 0.3) is 15.9 Å². The monoisotopic (exact) mass is 402 g/mol. The van der Waals surface area contributed by atoms with Gasteiger partial charge in [0.15, 0.2) is 6.61 Å². The highest BCUT2D eigenvalue weighted by atomic mass is 32.2. The lowest BCUT2D eigenvalue weighted by molar-refractivity contribution is -0.148. The lowest BCUT2D eigenvalue weighted by atomic mass is 10.3. The number of hydrogen-bond donors (Lipinski definition) is 1. The van der Waals surface area contributed by atoms with E-state index < -0.39 is 22.5 Å². The van der Waals surface area contributed by atoms with E-state index in [2.05, 4.69) is 5.32 Å². The van der Waals surface area contributed by atoms with Crippen molar-refractivity contribution in [2.45, 2.75) is 18.2 Å². The van der Waals surface area contributed by atoms with Gasteiger partial charge in [0.05, 0.1) is 16.5 Å². The third kappa shape index (κ3) is 4.51. The number of para-hydroxylation sites is 1. The molecule has 1 aliphatic carbocycles. The van der Waals surface area contributed by atoms with E-state index in [4.69, 9.17) is 4.74 Å². The van der Waals surface area contributed by atoms with Crippen LogP contribution in [-0.2, 0) is 24.3 Å². The minimum atomic E-state index is -3.79. The number of rotatable bonds is 7. The van der Waals surface area contributed by atoms with Gasteiger partial charge in [-0.05, 0) is 42.7 Å². The number of hydrogen-bond acceptors (Lipinski definition) is 5. The van der Waals surface area contributed by atoms with E-state index in [-0.39, 0.29) is 16.8 Å². The fraction of sp³-hybridized carbons (Fsp3) is 0.300. The number of sulfonamides is 1. The van der Waals surface area contributed by atoms with Crippen LogP contribution in [0.3, 0.4) is 0 Å². The molecule has 2 aromatic carbocycles. The molecule has 1 aliphatic rings. The molecule has 0 radical (unpaired) electrons. The molecular formula is C20H22N2O5S. The summed E-state index contributed by atoms with van der Waals surface area (Å²) in [4.78, 5) is 23.7. The number of carbonyl (C=O) groups is 2. The van der Waals surface area contributed by atoms with Gasteiger partial charge < -0.3 is 10.1 Å². The molecule has 1 saturated carbocycles. The Labute approximate surface area is 164 Å². The number of carbonyl (C=O) groups excluding carboxylic acids is 2. The first kappa shape index (κ1) is 19.9. The van der Waals surface area contributed by atoms with Crippen LogP contribution in [0.1, 0.15) is 13.3 Å². The van der Waals surface area contributed by atoms with Crippen molar-refractivity contribution in [3.05, 3.63) is 54.6 Å². The zero-order chi connectivity index (χ0) is 20.3. The van der Waals surface area contributed by atoms with Crippen LogP contribution in [0.4, 0.5) is 11.4 Å². The van der Waals surface area contributed by atoms with Crippen molar-refractivity contribution in [3.63, 3.8) is 0 Å². The standard InChI is InChI=1S/C20H22N2O5S/c1-14-11-18(14)20(24)27-13-19(23)21-15-7-6-10-17(12-15)28(25,26)22(2)16-8-4-3-5-9-16/h3-10,12,14,18H,11,13H2,1-2H3,(H,21,23)/t14-,18+/m0/s1. The Kier molecular flexibility index (Phi) is 5.69. The van der Waals surface area contributed by atoms with Gasteiger partial charge in [0, 0.05) is 12.7 Å². The van der Waals surface area contributed by atoms with Gasteiger partial charge >= 0.3 is 5.97 Å². The smallest absolute Gasteiger partial charge is 0.309 e. The number of amides is 1. The second-order valence-electron chi connectivity index (χ2n) is 6.81. The Hall–Kier alpha value is -2.87. The van der Waals surface area contributed by atoms with Gasteiger partial charge in [-0.2, -0.15) is 0 Å². The van der Waals surface area contributed by atoms with Crippen LogP contribution >= 0.6 is 0 Å². The highest BCUT2D eigenvalue weighted by Gasteiger charge is 2.40. The molecule has 0 spiro atoms. The average Bonchev–Trinajstić information content (AvgIpc) is 3.43. The maximum absolute atomic E-state index is 12.8. The van der Waals surface area contributed by atoms with E-state index in [1.807, 2.05) is 6.92 Å². The average molecular weight is 402 g/mol. The quantitative estimate of drug-likeness (QED) is 0.719. The minimum Gasteiger partial charge on any atom is -0.455 e. The summed E-state index contributed by atoms with van der Waals surface area (Å²) in [7, 11) is -2.32. The minimum absolute atomic E-state index is 0.0421. The Morgan fingerprint density at radius 1 is 1.14 bits per heavy atom. The second kappa shape index (κ2) is 8.02. The molecule has 2 aromatic rings. The zero-order valence-corrected chi connectivity index (χ0v) is 16.5. The fourth-order valence-corrected chi connectivity index (χ4v) is 4.00.